The average molecular weight is 420 g/mol. The molecular formula is C22H24N6O3. The number of carbonyl (C=O) groups is 2. The van der Waals surface area contributed by atoms with E-state index < -0.39 is 5.91 Å². The molecule has 0 bridgehead atoms. The fraction of sp³-hybridized carbons (Fsp3) is 0.182. The number of benzene rings is 2. The van der Waals surface area contributed by atoms with Crippen LogP contribution in [0.3, 0.4) is 0 Å². The molecule has 0 unspecified atom stereocenters. The van der Waals surface area contributed by atoms with E-state index in [1.165, 1.54) is 13.3 Å². The molecule has 3 rings (SSSR count). The molecule has 2 amide bonds. The Bertz CT molecular complexity index is 1070. The zero-order valence-electron chi connectivity index (χ0n) is 17.3. The van der Waals surface area contributed by atoms with Gasteiger partial charge < -0.3 is 26.4 Å². The SMILES string of the molecule is COCC(=O)Nc1cccc(Nc2ncc(C(N)=O)c(NCc3ccc(C)cc3)n2)c1. The van der Waals surface area contributed by atoms with Gasteiger partial charge in [-0.25, -0.2) is 4.98 Å². The van der Waals surface area contributed by atoms with Gasteiger partial charge >= 0.3 is 0 Å². The van der Waals surface area contributed by atoms with Gasteiger partial charge in [0.25, 0.3) is 5.91 Å². The van der Waals surface area contributed by atoms with E-state index in [4.69, 9.17) is 10.5 Å². The summed E-state index contributed by atoms with van der Waals surface area (Å²) < 4.78 is 4.81. The summed E-state index contributed by atoms with van der Waals surface area (Å²) in [6, 6.07) is 15.1. The molecule has 2 aromatic carbocycles. The Morgan fingerprint density at radius 1 is 1.10 bits per heavy atom. The van der Waals surface area contributed by atoms with Crippen LogP contribution in [-0.2, 0) is 16.1 Å². The zero-order valence-corrected chi connectivity index (χ0v) is 17.3. The molecule has 0 aliphatic rings. The summed E-state index contributed by atoms with van der Waals surface area (Å²) in [5.41, 5.74) is 9.11. The first kappa shape index (κ1) is 21.7. The Balaban J connectivity index is 1.76. The summed E-state index contributed by atoms with van der Waals surface area (Å²) in [5, 5.41) is 8.94. The fourth-order valence-corrected chi connectivity index (χ4v) is 2.78. The fourth-order valence-electron chi connectivity index (χ4n) is 2.78. The quantitative estimate of drug-likeness (QED) is 0.418. The van der Waals surface area contributed by atoms with Crippen molar-refractivity contribution in [2.45, 2.75) is 13.5 Å². The molecule has 0 spiro atoms. The van der Waals surface area contributed by atoms with Crippen LogP contribution < -0.4 is 21.7 Å². The maximum absolute atomic E-state index is 11.8. The van der Waals surface area contributed by atoms with Crippen molar-refractivity contribution >= 4 is 35.0 Å². The average Bonchev–Trinajstić information content (AvgIpc) is 2.73. The molecular weight excluding hydrogens is 396 g/mol. The van der Waals surface area contributed by atoms with Crippen LogP contribution in [0.25, 0.3) is 0 Å². The lowest BCUT2D eigenvalue weighted by Gasteiger charge is -2.12. The molecule has 0 saturated heterocycles. The lowest BCUT2D eigenvalue weighted by molar-refractivity contribution is -0.119. The normalized spacial score (nSPS) is 10.4. The number of nitrogens with one attached hydrogen (secondary N) is 3. The van der Waals surface area contributed by atoms with Crippen LogP contribution >= 0.6 is 0 Å². The summed E-state index contributed by atoms with van der Waals surface area (Å²) >= 11 is 0. The number of ether oxygens (including phenoxy) is 1. The van der Waals surface area contributed by atoms with Crippen LogP contribution in [-0.4, -0.2) is 35.5 Å². The molecule has 1 heterocycles. The monoisotopic (exact) mass is 420 g/mol. The third-order valence-corrected chi connectivity index (χ3v) is 4.31. The Kier molecular flexibility index (Phi) is 7.13. The van der Waals surface area contributed by atoms with E-state index >= 15 is 0 Å². The van der Waals surface area contributed by atoms with Gasteiger partial charge in [-0.15, -0.1) is 0 Å². The molecule has 9 heteroatoms. The number of anilines is 4. The van der Waals surface area contributed by atoms with Crippen molar-refractivity contribution in [3.05, 3.63) is 71.4 Å². The number of rotatable bonds is 9. The lowest BCUT2D eigenvalue weighted by Crippen LogP contribution is -2.17. The van der Waals surface area contributed by atoms with Crippen LogP contribution in [0.15, 0.2) is 54.7 Å². The van der Waals surface area contributed by atoms with E-state index in [1.807, 2.05) is 31.2 Å². The minimum Gasteiger partial charge on any atom is -0.375 e. The molecule has 0 fully saturated rings. The maximum Gasteiger partial charge on any atom is 0.254 e. The first-order chi connectivity index (χ1) is 14.9. The second kappa shape index (κ2) is 10.2. The van der Waals surface area contributed by atoms with Crippen molar-refractivity contribution in [3.63, 3.8) is 0 Å². The van der Waals surface area contributed by atoms with Gasteiger partial charge in [0.1, 0.15) is 12.4 Å². The highest BCUT2D eigenvalue weighted by molar-refractivity contribution is 5.97. The highest BCUT2D eigenvalue weighted by Crippen LogP contribution is 2.21. The van der Waals surface area contributed by atoms with Crippen LogP contribution in [0.2, 0.25) is 0 Å². The van der Waals surface area contributed by atoms with E-state index in [-0.39, 0.29) is 24.0 Å². The highest BCUT2D eigenvalue weighted by atomic mass is 16.5. The Morgan fingerprint density at radius 2 is 1.84 bits per heavy atom. The number of hydrogen-bond acceptors (Lipinski definition) is 7. The number of aryl methyl sites for hydroxylation is 1. The van der Waals surface area contributed by atoms with Gasteiger partial charge in [0.15, 0.2) is 0 Å². The summed E-state index contributed by atoms with van der Waals surface area (Å²) in [5.74, 6) is -0.281. The Hall–Kier alpha value is -3.98. The van der Waals surface area contributed by atoms with Crippen LogP contribution in [0.4, 0.5) is 23.1 Å². The standard InChI is InChI=1S/C22H24N6O3/c1-14-6-8-15(9-7-14)11-24-21-18(20(23)30)12-25-22(28-21)27-17-5-3-4-16(10-17)26-19(29)13-31-2/h3-10,12H,11,13H2,1-2H3,(H2,23,30)(H,26,29)(H2,24,25,27,28). The van der Waals surface area contributed by atoms with E-state index in [0.29, 0.717) is 23.7 Å². The molecule has 31 heavy (non-hydrogen) atoms. The molecule has 1 aromatic heterocycles. The lowest BCUT2D eigenvalue weighted by atomic mass is 10.1. The summed E-state index contributed by atoms with van der Waals surface area (Å²) in [6.07, 6.45) is 1.37. The number of carbonyl (C=O) groups excluding carboxylic acids is 2. The predicted octanol–water partition coefficient (Wildman–Crippen LogP) is 2.82. The number of nitrogens with zero attached hydrogens (tertiary/aromatic N) is 2. The van der Waals surface area contributed by atoms with Crippen LogP contribution in [0, 0.1) is 6.92 Å². The van der Waals surface area contributed by atoms with Crippen molar-refractivity contribution in [3.8, 4) is 0 Å². The van der Waals surface area contributed by atoms with Gasteiger partial charge in [-0.05, 0) is 30.7 Å². The second-order valence-corrected chi connectivity index (χ2v) is 6.85. The zero-order chi connectivity index (χ0) is 22.2. The number of aromatic nitrogens is 2. The molecule has 0 aliphatic heterocycles. The van der Waals surface area contributed by atoms with Gasteiger partial charge in [0.2, 0.25) is 11.9 Å². The largest absolute Gasteiger partial charge is 0.375 e. The number of primary amides is 1. The van der Waals surface area contributed by atoms with Crippen LogP contribution in [0.5, 0.6) is 0 Å². The number of nitrogens with two attached hydrogens (primary N) is 1. The van der Waals surface area contributed by atoms with Crippen LogP contribution in [0.1, 0.15) is 21.5 Å². The first-order valence-corrected chi connectivity index (χ1v) is 9.56. The summed E-state index contributed by atoms with van der Waals surface area (Å²) in [6.45, 7) is 2.45. The van der Waals surface area contributed by atoms with Gasteiger partial charge in [0, 0.05) is 31.2 Å². The van der Waals surface area contributed by atoms with Crippen molar-refractivity contribution < 1.29 is 14.3 Å². The van der Waals surface area contributed by atoms with Gasteiger partial charge in [0.05, 0.1) is 5.56 Å². The van der Waals surface area contributed by atoms with Crippen molar-refractivity contribution in [2.75, 3.05) is 29.7 Å². The number of hydrogen-bond donors (Lipinski definition) is 4. The van der Waals surface area contributed by atoms with E-state index in [2.05, 4.69) is 25.9 Å². The number of methoxy groups -OCH3 is 1. The topological polar surface area (TPSA) is 131 Å². The molecule has 160 valence electrons. The molecule has 0 saturated carbocycles. The van der Waals surface area contributed by atoms with Crippen molar-refractivity contribution in [2.24, 2.45) is 5.73 Å². The summed E-state index contributed by atoms with van der Waals surface area (Å²) in [7, 11) is 1.45. The molecule has 0 radical (unpaired) electrons. The van der Waals surface area contributed by atoms with E-state index in [0.717, 1.165) is 11.1 Å². The van der Waals surface area contributed by atoms with Gasteiger partial charge in [-0.2, -0.15) is 4.98 Å². The smallest absolute Gasteiger partial charge is 0.254 e. The van der Waals surface area contributed by atoms with Gasteiger partial charge in [-0.1, -0.05) is 35.9 Å². The Labute approximate surface area is 180 Å². The first-order valence-electron chi connectivity index (χ1n) is 9.56. The molecule has 5 N–H and O–H groups in total. The van der Waals surface area contributed by atoms with Gasteiger partial charge in [-0.3, -0.25) is 9.59 Å². The molecule has 9 nitrogen and oxygen atoms in total. The molecule has 0 aliphatic carbocycles. The Morgan fingerprint density at radius 3 is 2.55 bits per heavy atom. The van der Waals surface area contributed by atoms with Crippen molar-refractivity contribution in [1.29, 1.82) is 0 Å². The summed E-state index contributed by atoms with van der Waals surface area (Å²) in [4.78, 5) is 32.1. The minimum absolute atomic E-state index is 0.0364. The third-order valence-electron chi connectivity index (χ3n) is 4.31. The van der Waals surface area contributed by atoms with E-state index in [9.17, 15) is 9.59 Å². The molecule has 3 aromatic rings. The minimum atomic E-state index is -0.624. The maximum atomic E-state index is 11.8. The second-order valence-electron chi connectivity index (χ2n) is 6.85. The highest BCUT2D eigenvalue weighted by Gasteiger charge is 2.12. The van der Waals surface area contributed by atoms with Crippen molar-refractivity contribution in [1.82, 2.24) is 9.97 Å². The third kappa shape index (κ3) is 6.25. The van der Waals surface area contributed by atoms with E-state index in [1.54, 1.807) is 24.3 Å². The molecule has 0 atom stereocenters. The number of amides is 2. The predicted molar refractivity (Wildman–Crippen MR) is 119 cm³/mol.